The quantitative estimate of drug-likeness (QED) is 0.789. The Labute approximate surface area is 139 Å². The van der Waals surface area contributed by atoms with Gasteiger partial charge in [0.15, 0.2) is 0 Å². The lowest BCUT2D eigenvalue weighted by molar-refractivity contribution is 0.314. The van der Waals surface area contributed by atoms with Crippen molar-refractivity contribution in [1.29, 1.82) is 0 Å². The summed E-state index contributed by atoms with van der Waals surface area (Å²) in [6, 6.07) is 3.51. The van der Waals surface area contributed by atoms with Gasteiger partial charge in [0, 0.05) is 23.7 Å². The van der Waals surface area contributed by atoms with E-state index < -0.39 is 0 Å². The highest BCUT2D eigenvalue weighted by Crippen LogP contribution is 2.33. The number of tetrazole rings is 1. The Bertz CT molecular complexity index is 617. The number of ether oxygens (including phenoxy) is 1. The molecule has 1 aromatic heterocycles. The standard InChI is InChI=1S/C14H19Cl2N5O/c1-3-5-21-14(18-19-20-21)17-9-10-7-11(15)8-12(16)13(10)22-6-4-2/h7-8H,3-6,9H2,1-2H3,(H,17,18,20). The van der Waals surface area contributed by atoms with E-state index in [1.165, 1.54) is 0 Å². The maximum absolute atomic E-state index is 6.23. The molecule has 0 radical (unpaired) electrons. The smallest absolute Gasteiger partial charge is 0.243 e. The first-order chi connectivity index (χ1) is 10.7. The SMILES string of the molecule is CCCOc1c(Cl)cc(Cl)cc1CNc1nnnn1CCC. The zero-order valence-corrected chi connectivity index (χ0v) is 14.2. The zero-order valence-electron chi connectivity index (χ0n) is 12.6. The van der Waals surface area contributed by atoms with Gasteiger partial charge >= 0.3 is 0 Å². The molecule has 120 valence electrons. The first kappa shape index (κ1) is 16.8. The Balaban J connectivity index is 2.15. The van der Waals surface area contributed by atoms with Crippen molar-refractivity contribution in [3.8, 4) is 5.75 Å². The molecule has 0 spiro atoms. The minimum atomic E-state index is 0.476. The van der Waals surface area contributed by atoms with Crippen LogP contribution in [0.4, 0.5) is 5.95 Å². The Kier molecular flexibility index (Phi) is 6.27. The molecule has 0 atom stereocenters. The predicted molar refractivity (Wildman–Crippen MR) is 87.7 cm³/mol. The fourth-order valence-corrected chi connectivity index (χ4v) is 2.57. The monoisotopic (exact) mass is 343 g/mol. The van der Waals surface area contributed by atoms with Gasteiger partial charge in [-0.2, -0.15) is 0 Å². The molecule has 8 heteroatoms. The second kappa shape index (κ2) is 8.19. The third-order valence-corrected chi connectivity index (χ3v) is 3.44. The first-order valence-corrected chi connectivity index (χ1v) is 8.02. The van der Waals surface area contributed by atoms with Crippen LogP contribution in [0.3, 0.4) is 0 Å². The van der Waals surface area contributed by atoms with E-state index in [2.05, 4.69) is 27.8 Å². The molecule has 1 aromatic carbocycles. The number of aryl methyl sites for hydroxylation is 1. The van der Waals surface area contributed by atoms with Crippen molar-refractivity contribution < 1.29 is 4.74 Å². The van der Waals surface area contributed by atoms with Crippen molar-refractivity contribution >= 4 is 29.2 Å². The lowest BCUT2D eigenvalue weighted by atomic mass is 10.2. The maximum Gasteiger partial charge on any atom is 0.243 e. The van der Waals surface area contributed by atoms with Crippen LogP contribution in [0.2, 0.25) is 10.0 Å². The summed E-state index contributed by atoms with van der Waals surface area (Å²) in [4.78, 5) is 0. The zero-order chi connectivity index (χ0) is 15.9. The summed E-state index contributed by atoms with van der Waals surface area (Å²) in [5.74, 6) is 1.26. The van der Waals surface area contributed by atoms with Crippen molar-refractivity contribution in [2.45, 2.75) is 39.8 Å². The summed E-state index contributed by atoms with van der Waals surface area (Å²) in [7, 11) is 0. The Morgan fingerprint density at radius 1 is 1.23 bits per heavy atom. The van der Waals surface area contributed by atoms with Crippen molar-refractivity contribution in [3.05, 3.63) is 27.7 Å². The summed E-state index contributed by atoms with van der Waals surface area (Å²) in [6.07, 6.45) is 1.86. The van der Waals surface area contributed by atoms with Crippen LogP contribution in [-0.4, -0.2) is 26.8 Å². The lowest BCUT2D eigenvalue weighted by Crippen LogP contribution is -2.10. The summed E-state index contributed by atoms with van der Waals surface area (Å²) >= 11 is 12.3. The van der Waals surface area contributed by atoms with E-state index >= 15 is 0 Å². The van der Waals surface area contributed by atoms with Gasteiger partial charge in [-0.3, -0.25) is 0 Å². The van der Waals surface area contributed by atoms with E-state index in [1.807, 2.05) is 13.0 Å². The Morgan fingerprint density at radius 3 is 2.77 bits per heavy atom. The van der Waals surface area contributed by atoms with E-state index in [9.17, 15) is 0 Å². The van der Waals surface area contributed by atoms with Crippen LogP contribution in [0.1, 0.15) is 32.3 Å². The number of nitrogens with zero attached hydrogens (tertiary/aromatic N) is 4. The fraction of sp³-hybridized carbons (Fsp3) is 0.500. The van der Waals surface area contributed by atoms with E-state index in [4.69, 9.17) is 27.9 Å². The van der Waals surface area contributed by atoms with Gasteiger partial charge in [0.1, 0.15) is 5.75 Å². The van der Waals surface area contributed by atoms with E-state index in [1.54, 1.807) is 10.7 Å². The average molecular weight is 344 g/mol. The summed E-state index contributed by atoms with van der Waals surface area (Å²) < 4.78 is 7.45. The highest BCUT2D eigenvalue weighted by Gasteiger charge is 2.12. The van der Waals surface area contributed by atoms with E-state index in [0.717, 1.165) is 24.9 Å². The molecule has 0 aliphatic carbocycles. The summed E-state index contributed by atoms with van der Waals surface area (Å²) in [5.41, 5.74) is 0.872. The molecule has 0 unspecified atom stereocenters. The topological polar surface area (TPSA) is 64.9 Å². The molecule has 0 aliphatic rings. The molecule has 2 aromatic rings. The molecule has 0 saturated carbocycles. The molecule has 0 aliphatic heterocycles. The van der Waals surface area contributed by atoms with Gasteiger partial charge in [-0.15, -0.1) is 0 Å². The third kappa shape index (κ3) is 4.24. The summed E-state index contributed by atoms with van der Waals surface area (Å²) in [5, 5.41) is 15.9. The molecule has 6 nitrogen and oxygen atoms in total. The van der Waals surface area contributed by atoms with Crippen LogP contribution in [0.25, 0.3) is 0 Å². The number of nitrogens with one attached hydrogen (secondary N) is 1. The normalized spacial score (nSPS) is 10.7. The largest absolute Gasteiger partial charge is 0.492 e. The van der Waals surface area contributed by atoms with Crippen molar-refractivity contribution in [2.24, 2.45) is 0 Å². The molecular weight excluding hydrogens is 325 g/mol. The number of halogens is 2. The second-order valence-corrected chi connectivity index (χ2v) is 5.65. The van der Waals surface area contributed by atoms with Crippen LogP contribution >= 0.6 is 23.2 Å². The van der Waals surface area contributed by atoms with Gasteiger partial charge in [-0.05, 0) is 35.4 Å². The number of rotatable bonds is 8. The molecule has 0 fully saturated rings. The molecule has 0 saturated heterocycles. The van der Waals surface area contributed by atoms with Crippen molar-refractivity contribution in [2.75, 3.05) is 11.9 Å². The minimum Gasteiger partial charge on any atom is -0.492 e. The molecular formula is C14H19Cl2N5O. The van der Waals surface area contributed by atoms with Crippen LogP contribution in [0, 0.1) is 0 Å². The third-order valence-electron chi connectivity index (χ3n) is 2.94. The molecule has 0 amide bonds. The van der Waals surface area contributed by atoms with E-state index in [0.29, 0.717) is 34.9 Å². The highest BCUT2D eigenvalue weighted by atomic mass is 35.5. The Hall–Kier alpha value is -1.53. The van der Waals surface area contributed by atoms with Crippen molar-refractivity contribution in [1.82, 2.24) is 20.2 Å². The van der Waals surface area contributed by atoms with Crippen LogP contribution in [0.15, 0.2) is 12.1 Å². The molecule has 1 heterocycles. The molecule has 22 heavy (non-hydrogen) atoms. The minimum absolute atomic E-state index is 0.476. The van der Waals surface area contributed by atoms with Crippen LogP contribution < -0.4 is 10.1 Å². The molecule has 1 N–H and O–H groups in total. The second-order valence-electron chi connectivity index (χ2n) is 4.80. The number of aromatic nitrogens is 4. The first-order valence-electron chi connectivity index (χ1n) is 7.26. The average Bonchev–Trinajstić information content (AvgIpc) is 2.91. The van der Waals surface area contributed by atoms with Gasteiger partial charge in [0.2, 0.25) is 5.95 Å². The number of anilines is 1. The lowest BCUT2D eigenvalue weighted by Gasteiger charge is -2.14. The molecule has 2 rings (SSSR count). The van der Waals surface area contributed by atoms with Gasteiger partial charge in [-0.1, -0.05) is 42.1 Å². The van der Waals surface area contributed by atoms with Gasteiger partial charge < -0.3 is 10.1 Å². The van der Waals surface area contributed by atoms with Gasteiger partial charge in [-0.25, -0.2) is 4.68 Å². The number of hydrogen-bond acceptors (Lipinski definition) is 5. The van der Waals surface area contributed by atoms with E-state index in [-0.39, 0.29) is 0 Å². The van der Waals surface area contributed by atoms with Crippen LogP contribution in [0.5, 0.6) is 5.75 Å². The maximum atomic E-state index is 6.23. The van der Waals surface area contributed by atoms with Crippen LogP contribution in [-0.2, 0) is 13.1 Å². The number of hydrogen-bond donors (Lipinski definition) is 1. The number of benzene rings is 1. The Morgan fingerprint density at radius 2 is 2.05 bits per heavy atom. The van der Waals surface area contributed by atoms with Gasteiger partial charge in [0.25, 0.3) is 0 Å². The van der Waals surface area contributed by atoms with Gasteiger partial charge in [0.05, 0.1) is 11.6 Å². The van der Waals surface area contributed by atoms with Crippen molar-refractivity contribution in [3.63, 3.8) is 0 Å². The predicted octanol–water partition coefficient (Wildman–Crippen LogP) is 3.79. The fourth-order valence-electron chi connectivity index (χ4n) is 1.98. The highest BCUT2D eigenvalue weighted by molar-refractivity contribution is 6.35. The molecule has 0 bridgehead atoms. The summed E-state index contributed by atoms with van der Waals surface area (Å²) in [6.45, 7) is 5.94.